The Labute approximate surface area is 186 Å². The van der Waals surface area contributed by atoms with E-state index in [1.165, 1.54) is 11.8 Å². The van der Waals surface area contributed by atoms with E-state index >= 15 is 0 Å². The van der Waals surface area contributed by atoms with E-state index in [9.17, 15) is 4.79 Å². The first kappa shape index (κ1) is 22.2. The zero-order valence-electron chi connectivity index (χ0n) is 17.7. The Bertz CT molecular complexity index is 1050. The zero-order chi connectivity index (χ0) is 21.8. The highest BCUT2D eigenvalue weighted by atomic mass is 35.5. The van der Waals surface area contributed by atoms with Crippen LogP contribution in [0.2, 0.25) is 5.02 Å². The van der Waals surface area contributed by atoms with Crippen LogP contribution in [0.25, 0.3) is 0 Å². The third kappa shape index (κ3) is 5.15. The third-order valence-electron chi connectivity index (χ3n) is 4.75. The van der Waals surface area contributed by atoms with E-state index in [1.807, 2.05) is 75.7 Å². The lowest BCUT2D eigenvalue weighted by Crippen LogP contribution is -2.16. The van der Waals surface area contributed by atoms with Gasteiger partial charge >= 0.3 is 0 Å². The maximum absolute atomic E-state index is 12.4. The molecule has 0 fully saturated rings. The lowest BCUT2D eigenvalue weighted by Gasteiger charge is -2.15. The summed E-state index contributed by atoms with van der Waals surface area (Å²) in [5, 5.41) is 12.8. The van der Waals surface area contributed by atoms with Crippen LogP contribution in [-0.2, 0) is 11.8 Å². The van der Waals surface area contributed by atoms with E-state index in [0.717, 1.165) is 28.1 Å². The second-order valence-corrected chi connectivity index (χ2v) is 8.52. The number of rotatable bonds is 7. The first-order chi connectivity index (χ1) is 14.3. The van der Waals surface area contributed by atoms with Crippen molar-refractivity contribution in [1.82, 2.24) is 14.8 Å². The number of thioether (sulfide) groups is 1. The number of aromatic nitrogens is 3. The summed E-state index contributed by atoms with van der Waals surface area (Å²) in [4.78, 5) is 12.4. The number of carbonyl (C=O) groups excluding carboxylic acids is 1. The molecule has 1 atom stereocenters. The summed E-state index contributed by atoms with van der Waals surface area (Å²) in [5.74, 6) is 1.56. The Hall–Kier alpha value is -2.51. The van der Waals surface area contributed by atoms with Crippen LogP contribution in [0.4, 0.5) is 5.69 Å². The number of hydrogen-bond donors (Lipinski definition) is 1. The van der Waals surface area contributed by atoms with Gasteiger partial charge in [-0.05, 0) is 62.6 Å². The molecule has 3 aromatic rings. The number of para-hydroxylation sites is 1. The Morgan fingerprint density at radius 1 is 1.17 bits per heavy atom. The van der Waals surface area contributed by atoms with Gasteiger partial charge < -0.3 is 14.6 Å². The Morgan fingerprint density at radius 3 is 2.53 bits per heavy atom. The number of nitrogens with one attached hydrogen (secondary N) is 1. The number of halogens is 1. The second-order valence-electron chi connectivity index (χ2n) is 7.17. The highest BCUT2D eigenvalue weighted by molar-refractivity contribution is 7.99. The number of benzene rings is 2. The molecule has 1 unspecified atom stereocenters. The fourth-order valence-corrected chi connectivity index (χ4v) is 3.91. The average molecular weight is 445 g/mol. The van der Waals surface area contributed by atoms with Crippen molar-refractivity contribution in [3.05, 3.63) is 63.9 Å². The van der Waals surface area contributed by atoms with Gasteiger partial charge in [-0.2, -0.15) is 0 Å². The minimum Gasteiger partial charge on any atom is -0.483 e. The van der Waals surface area contributed by atoms with Crippen molar-refractivity contribution >= 4 is 35.0 Å². The maximum atomic E-state index is 12.4. The van der Waals surface area contributed by atoms with Gasteiger partial charge in [0.25, 0.3) is 0 Å². The van der Waals surface area contributed by atoms with Gasteiger partial charge in [0.2, 0.25) is 5.91 Å². The fraction of sp³-hybridized carbons (Fsp3) is 0.318. The first-order valence-electron chi connectivity index (χ1n) is 9.57. The van der Waals surface area contributed by atoms with Gasteiger partial charge in [-0.25, -0.2) is 0 Å². The van der Waals surface area contributed by atoms with E-state index in [0.29, 0.717) is 16.0 Å². The molecule has 0 aliphatic carbocycles. The predicted molar refractivity (Wildman–Crippen MR) is 122 cm³/mol. The molecule has 158 valence electrons. The molecule has 1 N–H and O–H groups in total. The molecule has 30 heavy (non-hydrogen) atoms. The normalized spacial score (nSPS) is 11.9. The largest absolute Gasteiger partial charge is 0.483 e. The number of anilines is 1. The second kappa shape index (κ2) is 9.53. The molecule has 0 saturated heterocycles. The molecule has 1 heterocycles. The summed E-state index contributed by atoms with van der Waals surface area (Å²) in [6, 6.07) is 11.5. The van der Waals surface area contributed by atoms with Gasteiger partial charge in [-0.1, -0.05) is 41.6 Å². The van der Waals surface area contributed by atoms with E-state index in [1.54, 1.807) is 0 Å². The van der Waals surface area contributed by atoms with Gasteiger partial charge in [-0.3, -0.25) is 4.79 Å². The number of aryl methyl sites for hydroxylation is 3. The highest BCUT2D eigenvalue weighted by Crippen LogP contribution is 2.27. The van der Waals surface area contributed by atoms with Crippen molar-refractivity contribution in [2.45, 2.75) is 39.0 Å². The van der Waals surface area contributed by atoms with Crippen LogP contribution >= 0.6 is 23.4 Å². The van der Waals surface area contributed by atoms with E-state index in [-0.39, 0.29) is 17.8 Å². The SMILES string of the molecule is Cc1cc(OC(C)c2nnc(SCC(=O)Nc3c(C)cccc3C)n2C)ccc1Cl. The summed E-state index contributed by atoms with van der Waals surface area (Å²) in [6.45, 7) is 7.80. The number of amides is 1. The van der Waals surface area contributed by atoms with Crippen molar-refractivity contribution in [2.24, 2.45) is 7.05 Å². The monoisotopic (exact) mass is 444 g/mol. The molecule has 1 aromatic heterocycles. The highest BCUT2D eigenvalue weighted by Gasteiger charge is 2.18. The molecule has 6 nitrogen and oxygen atoms in total. The molecule has 0 spiro atoms. The quantitative estimate of drug-likeness (QED) is 0.503. The molecule has 2 aromatic carbocycles. The van der Waals surface area contributed by atoms with Crippen molar-refractivity contribution in [1.29, 1.82) is 0 Å². The minimum absolute atomic E-state index is 0.0807. The van der Waals surface area contributed by atoms with Gasteiger partial charge in [0.05, 0.1) is 5.75 Å². The van der Waals surface area contributed by atoms with Gasteiger partial charge in [-0.15, -0.1) is 10.2 Å². The molecule has 0 bridgehead atoms. The summed E-state index contributed by atoms with van der Waals surface area (Å²) in [7, 11) is 1.87. The summed E-state index contributed by atoms with van der Waals surface area (Å²) >= 11 is 7.41. The maximum Gasteiger partial charge on any atom is 0.234 e. The Balaban J connectivity index is 1.62. The predicted octanol–water partition coefficient (Wildman–Crippen LogP) is 5.26. The first-order valence-corrected chi connectivity index (χ1v) is 10.9. The summed E-state index contributed by atoms with van der Waals surface area (Å²) in [6.07, 6.45) is -0.305. The lowest BCUT2D eigenvalue weighted by molar-refractivity contribution is -0.113. The van der Waals surface area contributed by atoms with Crippen molar-refractivity contribution in [2.75, 3.05) is 11.1 Å². The van der Waals surface area contributed by atoms with Crippen LogP contribution in [0.1, 0.15) is 35.5 Å². The molecule has 1 amide bonds. The number of ether oxygens (including phenoxy) is 1. The van der Waals surface area contributed by atoms with Crippen LogP contribution in [0.5, 0.6) is 5.75 Å². The zero-order valence-corrected chi connectivity index (χ0v) is 19.3. The molecule has 0 radical (unpaired) electrons. The van der Waals surface area contributed by atoms with Crippen LogP contribution in [-0.4, -0.2) is 26.4 Å². The average Bonchev–Trinajstić information content (AvgIpc) is 3.06. The van der Waals surface area contributed by atoms with Crippen molar-refractivity contribution in [3.8, 4) is 5.75 Å². The minimum atomic E-state index is -0.305. The van der Waals surface area contributed by atoms with Gasteiger partial charge in [0, 0.05) is 17.8 Å². The van der Waals surface area contributed by atoms with Crippen LogP contribution in [0.15, 0.2) is 41.6 Å². The molecule has 8 heteroatoms. The Morgan fingerprint density at radius 2 is 1.87 bits per heavy atom. The van der Waals surface area contributed by atoms with Crippen LogP contribution in [0, 0.1) is 20.8 Å². The van der Waals surface area contributed by atoms with Gasteiger partial charge in [0.15, 0.2) is 17.1 Å². The topological polar surface area (TPSA) is 69.0 Å². The van der Waals surface area contributed by atoms with Crippen LogP contribution < -0.4 is 10.1 Å². The van der Waals surface area contributed by atoms with E-state index in [4.69, 9.17) is 16.3 Å². The number of carbonyl (C=O) groups is 1. The van der Waals surface area contributed by atoms with Crippen molar-refractivity contribution < 1.29 is 9.53 Å². The standard InChI is InChI=1S/C22H25ClN4O2S/c1-13-7-6-8-14(2)20(13)24-19(28)12-30-22-26-25-21(27(22)5)16(4)29-17-9-10-18(23)15(3)11-17/h6-11,16H,12H2,1-5H3,(H,24,28). The number of nitrogens with zero attached hydrogens (tertiary/aromatic N) is 3. The third-order valence-corrected chi connectivity index (χ3v) is 6.20. The molecule has 3 rings (SSSR count). The molecule has 0 aliphatic heterocycles. The summed E-state index contributed by atoms with van der Waals surface area (Å²) in [5.41, 5.74) is 3.89. The lowest BCUT2D eigenvalue weighted by atomic mass is 10.1. The molecule has 0 saturated carbocycles. The molecule has 0 aliphatic rings. The van der Waals surface area contributed by atoms with Gasteiger partial charge in [0.1, 0.15) is 5.75 Å². The molecular weight excluding hydrogens is 420 g/mol. The van der Waals surface area contributed by atoms with Crippen molar-refractivity contribution in [3.63, 3.8) is 0 Å². The smallest absolute Gasteiger partial charge is 0.234 e. The van der Waals surface area contributed by atoms with E-state index in [2.05, 4.69) is 15.5 Å². The fourth-order valence-electron chi connectivity index (χ4n) is 3.07. The van der Waals surface area contributed by atoms with Crippen LogP contribution in [0.3, 0.4) is 0 Å². The Kier molecular flexibility index (Phi) is 7.05. The number of hydrogen-bond acceptors (Lipinski definition) is 5. The summed E-state index contributed by atoms with van der Waals surface area (Å²) < 4.78 is 7.84. The van der Waals surface area contributed by atoms with E-state index < -0.39 is 0 Å². The molecular formula is C22H25ClN4O2S.